The highest BCUT2D eigenvalue weighted by molar-refractivity contribution is 9.10. The lowest BCUT2D eigenvalue weighted by Crippen LogP contribution is -2.37. The second-order valence-corrected chi connectivity index (χ2v) is 7.86. The van der Waals surface area contributed by atoms with Gasteiger partial charge < -0.3 is 9.64 Å². The maximum atomic E-state index is 12.4. The van der Waals surface area contributed by atoms with Gasteiger partial charge in [0.2, 0.25) is 11.4 Å². The molecule has 0 radical (unpaired) electrons. The number of carbonyl (C=O) groups excluding carboxylic acids is 2. The standard InChI is InChI=1S/C14H13BrN4O3S2/c1-3-4-10-16-17-13(24-10)19-11(6-18(2)14(19)21)22-12(20)9-5-8(15)7-23-9/h3,5,7,11H,1,4,6H2,2H3. The summed E-state index contributed by atoms with van der Waals surface area (Å²) in [7, 11) is 1.65. The van der Waals surface area contributed by atoms with Crippen molar-refractivity contribution in [2.45, 2.75) is 12.6 Å². The predicted molar refractivity (Wildman–Crippen MR) is 95.5 cm³/mol. The Labute approximate surface area is 154 Å². The number of likely N-dealkylation sites (N-methyl/N-ethyl adjacent to an activating group) is 1. The average molecular weight is 429 g/mol. The topological polar surface area (TPSA) is 75.6 Å². The van der Waals surface area contributed by atoms with Crippen LogP contribution in [0.1, 0.15) is 14.7 Å². The third-order valence-electron chi connectivity index (χ3n) is 3.24. The SMILES string of the molecule is C=CCc1nnc(N2C(=O)N(C)CC2OC(=O)c2cc(Br)cs2)s1. The van der Waals surface area contributed by atoms with Gasteiger partial charge in [0.25, 0.3) is 0 Å². The van der Waals surface area contributed by atoms with E-state index in [1.807, 2.05) is 0 Å². The zero-order valence-corrected chi connectivity index (χ0v) is 15.9. The summed E-state index contributed by atoms with van der Waals surface area (Å²) in [6.45, 7) is 3.93. The molecule has 0 aliphatic carbocycles. The lowest BCUT2D eigenvalue weighted by Gasteiger charge is -2.19. The molecule has 1 fully saturated rings. The van der Waals surface area contributed by atoms with Gasteiger partial charge in [0.1, 0.15) is 9.88 Å². The zero-order chi connectivity index (χ0) is 17.3. The molecule has 0 saturated carbocycles. The number of esters is 1. The Morgan fingerprint density at radius 3 is 3.04 bits per heavy atom. The maximum Gasteiger partial charge on any atom is 0.350 e. The molecule has 1 saturated heterocycles. The van der Waals surface area contributed by atoms with Gasteiger partial charge in [0, 0.05) is 23.3 Å². The minimum atomic E-state index is -0.736. The van der Waals surface area contributed by atoms with Crippen molar-refractivity contribution in [1.82, 2.24) is 15.1 Å². The van der Waals surface area contributed by atoms with Crippen molar-refractivity contribution < 1.29 is 14.3 Å². The van der Waals surface area contributed by atoms with E-state index in [2.05, 4.69) is 32.7 Å². The predicted octanol–water partition coefficient (Wildman–Crippen LogP) is 3.15. The van der Waals surface area contributed by atoms with E-state index in [-0.39, 0.29) is 12.6 Å². The highest BCUT2D eigenvalue weighted by Gasteiger charge is 2.41. The number of rotatable bonds is 5. The van der Waals surface area contributed by atoms with Crippen LogP contribution < -0.4 is 4.90 Å². The first kappa shape index (κ1) is 17.1. The number of amides is 2. The van der Waals surface area contributed by atoms with Crippen LogP contribution in [0, 0.1) is 0 Å². The number of urea groups is 1. The van der Waals surface area contributed by atoms with Crippen LogP contribution in [0.15, 0.2) is 28.6 Å². The monoisotopic (exact) mass is 428 g/mol. The second kappa shape index (κ2) is 6.99. The fourth-order valence-corrected chi connectivity index (χ4v) is 4.32. The van der Waals surface area contributed by atoms with E-state index < -0.39 is 12.2 Å². The molecule has 2 aromatic heterocycles. The van der Waals surface area contributed by atoms with E-state index in [1.165, 1.54) is 32.5 Å². The van der Waals surface area contributed by atoms with Crippen molar-refractivity contribution in [3.63, 3.8) is 0 Å². The summed E-state index contributed by atoms with van der Waals surface area (Å²) in [4.78, 5) is 28.0. The number of allylic oxidation sites excluding steroid dienone is 1. The lowest BCUT2D eigenvalue weighted by atomic mass is 10.4. The molecule has 2 amide bonds. The first-order valence-electron chi connectivity index (χ1n) is 6.92. The van der Waals surface area contributed by atoms with Gasteiger partial charge in [-0.3, -0.25) is 0 Å². The molecular weight excluding hydrogens is 416 g/mol. The normalized spacial score (nSPS) is 17.4. The molecule has 1 atom stereocenters. The van der Waals surface area contributed by atoms with Gasteiger partial charge in [-0.15, -0.1) is 28.1 Å². The maximum absolute atomic E-state index is 12.4. The Kier molecular flexibility index (Phi) is 4.97. The van der Waals surface area contributed by atoms with Crippen molar-refractivity contribution in [2.75, 3.05) is 18.5 Å². The molecule has 0 N–H and O–H groups in total. The van der Waals surface area contributed by atoms with Gasteiger partial charge in [-0.1, -0.05) is 17.4 Å². The number of aromatic nitrogens is 2. The van der Waals surface area contributed by atoms with Crippen molar-refractivity contribution in [2.24, 2.45) is 0 Å². The largest absolute Gasteiger partial charge is 0.435 e. The molecular formula is C14H13BrN4O3S2. The van der Waals surface area contributed by atoms with Crippen LogP contribution in [0.3, 0.4) is 0 Å². The van der Waals surface area contributed by atoms with E-state index in [1.54, 1.807) is 24.6 Å². The molecule has 1 aliphatic rings. The van der Waals surface area contributed by atoms with E-state index in [0.717, 1.165) is 9.48 Å². The number of hydrogen-bond acceptors (Lipinski definition) is 7. The second-order valence-electron chi connectivity index (χ2n) is 4.99. The Bertz CT molecular complexity index is 791. The summed E-state index contributed by atoms with van der Waals surface area (Å²) in [6, 6.07) is 1.41. The average Bonchev–Trinajstić information content (AvgIpc) is 3.22. The Hall–Kier alpha value is -1.78. The third kappa shape index (κ3) is 3.35. The van der Waals surface area contributed by atoms with Crippen LogP contribution in [0.4, 0.5) is 9.93 Å². The van der Waals surface area contributed by atoms with Gasteiger partial charge in [-0.05, 0) is 22.0 Å². The number of nitrogens with zero attached hydrogens (tertiary/aromatic N) is 4. The molecule has 2 aromatic rings. The molecule has 0 aromatic carbocycles. The Morgan fingerprint density at radius 1 is 1.58 bits per heavy atom. The highest BCUT2D eigenvalue weighted by atomic mass is 79.9. The number of hydrogen-bond donors (Lipinski definition) is 0. The molecule has 0 bridgehead atoms. The Balaban J connectivity index is 1.80. The van der Waals surface area contributed by atoms with E-state index in [4.69, 9.17) is 4.74 Å². The summed E-state index contributed by atoms with van der Waals surface area (Å²) in [5.41, 5.74) is 0. The lowest BCUT2D eigenvalue weighted by molar-refractivity contribution is 0.0337. The minimum Gasteiger partial charge on any atom is -0.435 e. The third-order valence-corrected chi connectivity index (χ3v) is 5.86. The first-order chi connectivity index (χ1) is 11.5. The van der Waals surface area contributed by atoms with Gasteiger partial charge in [-0.2, -0.15) is 0 Å². The summed E-state index contributed by atoms with van der Waals surface area (Å²) < 4.78 is 6.33. The highest BCUT2D eigenvalue weighted by Crippen LogP contribution is 2.29. The number of halogens is 1. The van der Waals surface area contributed by atoms with Crippen LogP contribution in [0.25, 0.3) is 0 Å². The summed E-state index contributed by atoms with van der Waals surface area (Å²) in [6.07, 6.45) is 1.55. The van der Waals surface area contributed by atoms with Gasteiger partial charge in [-0.25, -0.2) is 14.5 Å². The number of carbonyl (C=O) groups is 2. The quantitative estimate of drug-likeness (QED) is 0.539. The zero-order valence-electron chi connectivity index (χ0n) is 12.6. The molecule has 3 heterocycles. The molecule has 1 unspecified atom stereocenters. The fourth-order valence-electron chi connectivity index (χ4n) is 2.15. The summed E-state index contributed by atoms with van der Waals surface area (Å²) in [5.74, 6) is -0.473. The molecule has 1 aliphatic heterocycles. The van der Waals surface area contributed by atoms with Crippen LogP contribution in [0.2, 0.25) is 0 Å². The molecule has 0 spiro atoms. The van der Waals surface area contributed by atoms with Crippen molar-refractivity contribution in [3.8, 4) is 0 Å². The van der Waals surface area contributed by atoms with E-state index in [9.17, 15) is 9.59 Å². The van der Waals surface area contributed by atoms with Crippen LogP contribution in [-0.4, -0.2) is 46.9 Å². The molecule has 126 valence electrons. The number of thiophene rings is 1. The van der Waals surface area contributed by atoms with Crippen molar-refractivity contribution in [3.05, 3.63) is 38.5 Å². The van der Waals surface area contributed by atoms with Crippen LogP contribution in [-0.2, 0) is 11.2 Å². The van der Waals surface area contributed by atoms with Gasteiger partial charge >= 0.3 is 12.0 Å². The Morgan fingerprint density at radius 2 is 2.38 bits per heavy atom. The van der Waals surface area contributed by atoms with E-state index in [0.29, 0.717) is 16.4 Å². The van der Waals surface area contributed by atoms with Gasteiger partial charge in [0.15, 0.2) is 0 Å². The fraction of sp³-hybridized carbons (Fsp3) is 0.286. The molecule has 24 heavy (non-hydrogen) atoms. The number of ether oxygens (including phenoxy) is 1. The minimum absolute atomic E-state index is 0.271. The summed E-state index contributed by atoms with van der Waals surface area (Å²) in [5, 5.41) is 11.0. The van der Waals surface area contributed by atoms with Gasteiger partial charge in [0.05, 0.1) is 6.54 Å². The van der Waals surface area contributed by atoms with E-state index >= 15 is 0 Å². The van der Waals surface area contributed by atoms with Crippen molar-refractivity contribution in [1.29, 1.82) is 0 Å². The van der Waals surface area contributed by atoms with Crippen LogP contribution in [0.5, 0.6) is 0 Å². The molecule has 7 nitrogen and oxygen atoms in total. The number of anilines is 1. The van der Waals surface area contributed by atoms with Crippen LogP contribution >= 0.6 is 38.6 Å². The smallest absolute Gasteiger partial charge is 0.350 e. The van der Waals surface area contributed by atoms with Crippen molar-refractivity contribution >= 4 is 55.7 Å². The summed E-state index contributed by atoms with van der Waals surface area (Å²) >= 11 is 5.86. The first-order valence-corrected chi connectivity index (χ1v) is 9.41. The molecule has 3 rings (SSSR count). The molecule has 10 heteroatoms.